The van der Waals surface area contributed by atoms with Crippen molar-refractivity contribution in [1.29, 1.82) is 0 Å². The van der Waals surface area contributed by atoms with Crippen molar-refractivity contribution in [3.05, 3.63) is 11.7 Å². The smallest absolute Gasteiger partial charge is 0.473 e. The van der Waals surface area contributed by atoms with E-state index in [9.17, 15) is 43.9 Å². The molecule has 0 aromatic heterocycles. The Labute approximate surface area is 92.4 Å². The second-order valence-electron chi connectivity index (χ2n) is 2.60. The number of hydrogen-bond donors (Lipinski definition) is 0. The molecule has 0 aliphatic carbocycles. The van der Waals surface area contributed by atoms with Gasteiger partial charge in [-0.1, -0.05) is 0 Å². The van der Waals surface area contributed by atoms with E-state index in [2.05, 4.69) is 4.74 Å². The van der Waals surface area contributed by atoms with Gasteiger partial charge in [-0.2, -0.15) is 22.5 Å². The van der Waals surface area contributed by atoms with Gasteiger partial charge < -0.3 is 4.74 Å². The Hall–Kier alpha value is -1.36. The zero-order valence-corrected chi connectivity index (χ0v) is 8.14. The van der Waals surface area contributed by atoms with Gasteiger partial charge in [-0.05, 0) is 0 Å². The molecule has 2 nitrogen and oxygen atoms in total. The van der Waals surface area contributed by atoms with Crippen LogP contribution in [-0.4, -0.2) is 30.8 Å². The molecule has 0 amide bonds. The second kappa shape index (κ2) is 4.72. The van der Waals surface area contributed by atoms with E-state index in [0.29, 0.717) is 0 Å². The van der Waals surface area contributed by atoms with Crippen LogP contribution in [0.1, 0.15) is 0 Å². The Morgan fingerprint density at radius 3 is 1.33 bits per heavy atom. The molecule has 0 aliphatic heterocycles. The molecule has 0 aliphatic rings. The first-order valence-corrected chi connectivity index (χ1v) is 3.67. The normalized spacial score (nSPS) is 15.3. The molecule has 0 atom stereocenters. The van der Waals surface area contributed by atoms with Crippen LogP contribution in [0.25, 0.3) is 0 Å². The average Bonchev–Trinajstić information content (AvgIpc) is 2.06. The molecule has 12 heteroatoms. The number of nitrogens with zero attached hydrogens (tertiary/aromatic N) is 1. The SMILES string of the molecule is CO/C(F)=C(/N(C(F)(F)F)C(F)(F)F)C(F)(F)F. The second-order valence-corrected chi connectivity index (χ2v) is 2.60. The van der Waals surface area contributed by atoms with Crippen LogP contribution in [-0.2, 0) is 4.74 Å². The van der Waals surface area contributed by atoms with Crippen molar-refractivity contribution in [2.24, 2.45) is 0 Å². The molecule has 0 saturated carbocycles. The van der Waals surface area contributed by atoms with Crippen LogP contribution in [0.3, 0.4) is 0 Å². The molecule has 0 heterocycles. The Balaban J connectivity index is 6.01. The minimum atomic E-state index is -6.53. The lowest BCUT2D eigenvalue weighted by Gasteiger charge is -2.31. The summed E-state index contributed by atoms with van der Waals surface area (Å²) in [6, 6.07) is -3.06. The first-order valence-electron chi connectivity index (χ1n) is 3.67. The first kappa shape index (κ1) is 16.6. The minimum absolute atomic E-state index is 0.145. The van der Waals surface area contributed by atoms with Crippen molar-refractivity contribution < 1.29 is 48.6 Å². The van der Waals surface area contributed by atoms with Gasteiger partial charge in [0.25, 0.3) is 0 Å². The van der Waals surface area contributed by atoms with E-state index in [4.69, 9.17) is 0 Å². The zero-order valence-electron chi connectivity index (χ0n) is 8.14. The number of alkyl halides is 9. The summed E-state index contributed by atoms with van der Waals surface area (Å²) in [4.78, 5) is -3.02. The Morgan fingerprint density at radius 1 is 0.833 bits per heavy atom. The lowest BCUT2D eigenvalue weighted by Crippen LogP contribution is -2.51. The number of hydrogen-bond acceptors (Lipinski definition) is 2. The predicted molar refractivity (Wildman–Crippen MR) is 35.1 cm³/mol. The van der Waals surface area contributed by atoms with Gasteiger partial charge in [-0.15, -0.1) is 26.3 Å². The summed E-state index contributed by atoms with van der Waals surface area (Å²) in [5.74, 6) is 0. The third kappa shape index (κ3) is 3.84. The molecule has 0 N–H and O–H groups in total. The van der Waals surface area contributed by atoms with Crippen LogP contribution < -0.4 is 0 Å². The number of rotatable bonds is 2. The summed E-state index contributed by atoms with van der Waals surface area (Å²) in [6.45, 7) is 0. The van der Waals surface area contributed by atoms with Crippen LogP contribution in [0.5, 0.6) is 0 Å². The molecule has 0 saturated heterocycles. The highest BCUT2D eigenvalue weighted by atomic mass is 19.4. The van der Waals surface area contributed by atoms with Gasteiger partial charge in [0.15, 0.2) is 0 Å². The van der Waals surface area contributed by atoms with Gasteiger partial charge >= 0.3 is 24.8 Å². The number of ether oxygens (including phenoxy) is 1. The highest BCUT2D eigenvalue weighted by molar-refractivity contribution is 5.11. The molecule has 0 bridgehead atoms. The summed E-state index contributed by atoms with van der Waals surface area (Å²) in [7, 11) is 0.145. The van der Waals surface area contributed by atoms with Gasteiger partial charge in [-0.3, -0.25) is 0 Å². The van der Waals surface area contributed by atoms with Crippen molar-refractivity contribution >= 4 is 0 Å². The van der Waals surface area contributed by atoms with E-state index in [1.165, 1.54) is 0 Å². The standard InChI is InChI=1S/C6H3F10NO/c1-18-3(7)2(4(8,9)10)17(5(11,12)13)6(14,15)16/h1H3/b3-2+. The molecule has 0 radical (unpaired) electrons. The highest BCUT2D eigenvalue weighted by Crippen LogP contribution is 2.44. The van der Waals surface area contributed by atoms with Crippen LogP contribution in [0.15, 0.2) is 11.7 Å². The molecule has 0 aromatic carbocycles. The Morgan fingerprint density at radius 2 is 1.17 bits per heavy atom. The number of methoxy groups -OCH3 is 1. The van der Waals surface area contributed by atoms with Gasteiger partial charge in [0.2, 0.25) is 5.70 Å². The van der Waals surface area contributed by atoms with Crippen molar-refractivity contribution in [3.63, 3.8) is 0 Å². The maximum Gasteiger partial charge on any atom is 0.492 e. The highest BCUT2D eigenvalue weighted by Gasteiger charge is 2.62. The monoisotopic (exact) mass is 295 g/mol. The molecule has 0 fully saturated rings. The molecule has 0 unspecified atom stereocenters. The fourth-order valence-corrected chi connectivity index (χ4v) is 0.820. The topological polar surface area (TPSA) is 12.5 Å². The van der Waals surface area contributed by atoms with Gasteiger partial charge in [0, 0.05) is 0 Å². The largest absolute Gasteiger partial charge is 0.492 e. The van der Waals surface area contributed by atoms with Crippen LogP contribution in [0.2, 0.25) is 0 Å². The summed E-state index contributed by atoms with van der Waals surface area (Å²) in [6.07, 6.45) is -19.3. The van der Waals surface area contributed by atoms with Crippen molar-refractivity contribution in [3.8, 4) is 0 Å². The van der Waals surface area contributed by atoms with Crippen molar-refractivity contribution in [2.45, 2.75) is 18.8 Å². The summed E-state index contributed by atoms with van der Waals surface area (Å²) >= 11 is 0. The number of halogens is 10. The molecule has 108 valence electrons. The average molecular weight is 295 g/mol. The molecule has 0 aromatic rings. The van der Waals surface area contributed by atoms with Crippen molar-refractivity contribution in [1.82, 2.24) is 4.90 Å². The Kier molecular flexibility index (Phi) is 4.37. The van der Waals surface area contributed by atoms with E-state index in [1.54, 1.807) is 0 Å². The lowest BCUT2D eigenvalue weighted by atomic mass is 10.4. The zero-order chi connectivity index (χ0) is 14.9. The van der Waals surface area contributed by atoms with Crippen LogP contribution in [0.4, 0.5) is 43.9 Å². The molecule has 0 spiro atoms. The lowest BCUT2D eigenvalue weighted by molar-refractivity contribution is -0.372. The summed E-state index contributed by atoms with van der Waals surface area (Å²) < 4.78 is 123. The first-order chi connectivity index (χ1) is 7.73. The van der Waals surface area contributed by atoms with Crippen LogP contribution in [0, 0.1) is 0 Å². The maximum atomic E-state index is 12.5. The molecule has 0 rings (SSSR count). The predicted octanol–water partition coefficient (Wildman–Crippen LogP) is 3.68. The number of allylic oxidation sites excluding steroid dienone is 1. The van der Waals surface area contributed by atoms with E-state index in [0.717, 1.165) is 0 Å². The molecular formula is C6H3F10NO. The fourth-order valence-electron chi connectivity index (χ4n) is 0.820. The van der Waals surface area contributed by atoms with Gasteiger partial charge in [0.05, 0.1) is 7.11 Å². The molecule has 18 heavy (non-hydrogen) atoms. The van der Waals surface area contributed by atoms with Gasteiger partial charge in [-0.25, -0.2) is 0 Å². The van der Waals surface area contributed by atoms with E-state index in [-0.39, 0.29) is 7.11 Å². The molecular weight excluding hydrogens is 292 g/mol. The van der Waals surface area contributed by atoms with E-state index in [1.807, 2.05) is 0 Å². The Bertz CT molecular complexity index is 309. The van der Waals surface area contributed by atoms with E-state index < -0.39 is 35.4 Å². The summed E-state index contributed by atoms with van der Waals surface area (Å²) in [5, 5.41) is 0. The third-order valence-corrected chi connectivity index (χ3v) is 1.36. The van der Waals surface area contributed by atoms with Crippen molar-refractivity contribution in [2.75, 3.05) is 7.11 Å². The van der Waals surface area contributed by atoms with Gasteiger partial charge in [0.1, 0.15) is 0 Å². The fraction of sp³-hybridized carbons (Fsp3) is 0.667. The minimum Gasteiger partial charge on any atom is -0.473 e. The van der Waals surface area contributed by atoms with E-state index >= 15 is 0 Å². The third-order valence-electron chi connectivity index (χ3n) is 1.36. The van der Waals surface area contributed by atoms with Crippen LogP contribution >= 0.6 is 0 Å². The quantitative estimate of drug-likeness (QED) is 0.438. The maximum absolute atomic E-state index is 12.5. The summed E-state index contributed by atoms with van der Waals surface area (Å²) in [5.41, 5.74) is -3.63.